The number of piperidine rings is 2. The number of likely N-dealkylation sites (tertiary alicyclic amines) is 2. The lowest BCUT2D eigenvalue weighted by atomic mass is 9.72. The van der Waals surface area contributed by atoms with Crippen LogP contribution in [0.1, 0.15) is 47.8 Å². The Labute approximate surface area is 164 Å². The molecule has 1 spiro atoms. The predicted molar refractivity (Wildman–Crippen MR) is 105 cm³/mol. The first kappa shape index (κ1) is 18.5. The number of amides is 1. The fraction of sp³-hybridized carbons (Fsp3) is 0.600. The maximum atomic E-state index is 12.5. The van der Waals surface area contributed by atoms with Crippen LogP contribution in [-0.4, -0.2) is 50.3 Å². The van der Waals surface area contributed by atoms with Crippen LogP contribution in [0.2, 0.25) is 0 Å². The number of carbonyl (C=O) groups is 1. The van der Waals surface area contributed by atoms with Gasteiger partial charge in [0.25, 0.3) is 0 Å². The van der Waals surface area contributed by atoms with Gasteiger partial charge in [-0.2, -0.15) is 0 Å². The summed E-state index contributed by atoms with van der Waals surface area (Å²) in [6.07, 6.45) is 7.55. The average molecular weight is 386 g/mol. The van der Waals surface area contributed by atoms with Gasteiger partial charge in [0, 0.05) is 31.1 Å². The maximum absolute atomic E-state index is 12.5. The molecule has 144 valence electrons. The molecular formula is C20H27N5OS. The first-order valence-electron chi connectivity index (χ1n) is 9.70. The normalized spacial score (nSPS) is 20.4. The van der Waals surface area contributed by atoms with Crippen LogP contribution in [0.4, 0.5) is 0 Å². The molecule has 2 aromatic rings. The minimum Gasteiger partial charge on any atom is -0.336 e. The molecule has 0 saturated carbocycles. The first-order valence-corrected chi connectivity index (χ1v) is 10.6. The van der Waals surface area contributed by atoms with E-state index >= 15 is 0 Å². The summed E-state index contributed by atoms with van der Waals surface area (Å²) in [4.78, 5) is 30.3. The van der Waals surface area contributed by atoms with Gasteiger partial charge in [0.15, 0.2) is 0 Å². The van der Waals surface area contributed by atoms with Crippen molar-refractivity contribution in [2.75, 3.05) is 19.6 Å². The van der Waals surface area contributed by atoms with E-state index in [1.165, 1.54) is 5.69 Å². The van der Waals surface area contributed by atoms with Crippen molar-refractivity contribution in [1.29, 1.82) is 0 Å². The van der Waals surface area contributed by atoms with Crippen LogP contribution >= 0.6 is 11.3 Å². The SMILES string of the molecule is Cc1cnc(CN2CC3(CCC2=O)CCN(Cc2csc(C)n2)CC3)cn1. The molecular weight excluding hydrogens is 358 g/mol. The van der Waals surface area contributed by atoms with Crippen molar-refractivity contribution in [3.8, 4) is 0 Å². The highest BCUT2D eigenvalue weighted by Gasteiger charge is 2.41. The van der Waals surface area contributed by atoms with E-state index < -0.39 is 0 Å². The van der Waals surface area contributed by atoms with E-state index in [0.29, 0.717) is 13.0 Å². The molecule has 2 saturated heterocycles. The standard InChI is InChI=1S/C20H27N5OS/c1-15-9-22-17(10-21-15)12-25-14-20(4-3-19(25)26)5-7-24(8-6-20)11-18-13-27-16(2)23-18/h9-10,13H,3-8,11-12,14H2,1-2H3. The molecule has 0 radical (unpaired) electrons. The van der Waals surface area contributed by atoms with E-state index in [1.807, 2.05) is 11.8 Å². The van der Waals surface area contributed by atoms with Crippen molar-refractivity contribution >= 4 is 17.2 Å². The van der Waals surface area contributed by atoms with Crippen molar-refractivity contribution in [3.63, 3.8) is 0 Å². The molecule has 4 heterocycles. The number of aromatic nitrogens is 3. The van der Waals surface area contributed by atoms with Gasteiger partial charge in [0.2, 0.25) is 5.91 Å². The Morgan fingerprint density at radius 3 is 2.56 bits per heavy atom. The maximum Gasteiger partial charge on any atom is 0.222 e. The molecule has 27 heavy (non-hydrogen) atoms. The molecule has 0 atom stereocenters. The van der Waals surface area contributed by atoms with E-state index in [-0.39, 0.29) is 11.3 Å². The second kappa shape index (κ2) is 7.64. The third-order valence-corrected chi connectivity index (χ3v) is 6.73. The fourth-order valence-corrected chi connectivity index (χ4v) is 4.85. The zero-order chi connectivity index (χ0) is 18.9. The number of carbonyl (C=O) groups excluding carboxylic acids is 1. The van der Waals surface area contributed by atoms with E-state index in [1.54, 1.807) is 23.7 Å². The van der Waals surface area contributed by atoms with Crippen molar-refractivity contribution < 1.29 is 4.79 Å². The number of hydrogen-bond acceptors (Lipinski definition) is 6. The van der Waals surface area contributed by atoms with Gasteiger partial charge in [-0.3, -0.25) is 19.7 Å². The minimum atomic E-state index is 0.253. The van der Waals surface area contributed by atoms with Crippen LogP contribution in [0.25, 0.3) is 0 Å². The van der Waals surface area contributed by atoms with Crippen molar-refractivity contribution in [3.05, 3.63) is 39.9 Å². The summed E-state index contributed by atoms with van der Waals surface area (Å²) in [5.41, 5.74) is 3.23. The Balaban J connectivity index is 1.36. The molecule has 4 rings (SSSR count). The van der Waals surface area contributed by atoms with Gasteiger partial charge in [-0.15, -0.1) is 11.3 Å². The highest BCUT2D eigenvalue weighted by molar-refractivity contribution is 7.09. The van der Waals surface area contributed by atoms with E-state index in [2.05, 4.69) is 32.2 Å². The Kier molecular flexibility index (Phi) is 5.23. The van der Waals surface area contributed by atoms with Crippen molar-refractivity contribution in [2.45, 2.75) is 52.6 Å². The van der Waals surface area contributed by atoms with Crippen molar-refractivity contribution in [1.82, 2.24) is 24.8 Å². The summed E-state index contributed by atoms with van der Waals surface area (Å²) in [6.45, 7) is 8.54. The van der Waals surface area contributed by atoms with Crippen LogP contribution in [0.15, 0.2) is 17.8 Å². The minimum absolute atomic E-state index is 0.253. The van der Waals surface area contributed by atoms with Crippen LogP contribution in [-0.2, 0) is 17.9 Å². The second-order valence-corrected chi connectivity index (χ2v) is 9.10. The molecule has 2 aromatic heterocycles. The van der Waals surface area contributed by atoms with Crippen LogP contribution < -0.4 is 0 Å². The Hall–Kier alpha value is -1.86. The van der Waals surface area contributed by atoms with Crippen LogP contribution in [0.5, 0.6) is 0 Å². The molecule has 0 N–H and O–H groups in total. The van der Waals surface area contributed by atoms with Gasteiger partial charge in [-0.1, -0.05) is 0 Å². The molecule has 6 nitrogen and oxygen atoms in total. The lowest BCUT2D eigenvalue weighted by Gasteiger charge is -2.47. The molecule has 7 heteroatoms. The number of hydrogen-bond donors (Lipinski definition) is 0. The van der Waals surface area contributed by atoms with Gasteiger partial charge >= 0.3 is 0 Å². The van der Waals surface area contributed by atoms with Crippen LogP contribution in [0.3, 0.4) is 0 Å². The Bertz CT molecular complexity index is 795. The average Bonchev–Trinajstić information content (AvgIpc) is 3.07. The Morgan fingerprint density at radius 1 is 1.07 bits per heavy atom. The largest absolute Gasteiger partial charge is 0.336 e. The molecule has 2 aliphatic rings. The third-order valence-electron chi connectivity index (χ3n) is 5.90. The lowest BCUT2D eigenvalue weighted by Crippen LogP contribution is -2.51. The number of nitrogens with zero attached hydrogens (tertiary/aromatic N) is 5. The molecule has 1 amide bonds. The summed E-state index contributed by atoms with van der Waals surface area (Å²) < 4.78 is 0. The van der Waals surface area contributed by atoms with Crippen LogP contribution in [0, 0.1) is 19.3 Å². The highest BCUT2D eigenvalue weighted by Crippen LogP contribution is 2.40. The quantitative estimate of drug-likeness (QED) is 0.810. The highest BCUT2D eigenvalue weighted by atomic mass is 32.1. The summed E-state index contributed by atoms with van der Waals surface area (Å²) in [6, 6.07) is 0. The summed E-state index contributed by atoms with van der Waals surface area (Å²) >= 11 is 1.72. The smallest absolute Gasteiger partial charge is 0.222 e. The molecule has 0 bridgehead atoms. The molecule has 2 aliphatic heterocycles. The molecule has 0 aromatic carbocycles. The van der Waals surface area contributed by atoms with E-state index in [0.717, 1.165) is 61.8 Å². The predicted octanol–water partition coefficient (Wildman–Crippen LogP) is 2.95. The fourth-order valence-electron chi connectivity index (χ4n) is 4.25. The van der Waals surface area contributed by atoms with Gasteiger partial charge in [-0.25, -0.2) is 4.98 Å². The monoisotopic (exact) mass is 385 g/mol. The van der Waals surface area contributed by atoms with Gasteiger partial charge in [-0.05, 0) is 51.6 Å². The second-order valence-electron chi connectivity index (χ2n) is 8.03. The summed E-state index contributed by atoms with van der Waals surface area (Å²) in [7, 11) is 0. The van der Waals surface area contributed by atoms with Gasteiger partial charge < -0.3 is 4.90 Å². The zero-order valence-electron chi connectivity index (χ0n) is 16.1. The lowest BCUT2D eigenvalue weighted by molar-refractivity contribution is -0.140. The number of thiazole rings is 1. The van der Waals surface area contributed by atoms with Gasteiger partial charge in [0.05, 0.1) is 34.8 Å². The molecule has 2 fully saturated rings. The van der Waals surface area contributed by atoms with Gasteiger partial charge in [0.1, 0.15) is 0 Å². The summed E-state index contributed by atoms with van der Waals surface area (Å²) in [5.74, 6) is 0.253. The molecule has 0 aliphatic carbocycles. The van der Waals surface area contributed by atoms with E-state index in [4.69, 9.17) is 0 Å². The zero-order valence-corrected chi connectivity index (χ0v) is 17.0. The Morgan fingerprint density at radius 2 is 1.89 bits per heavy atom. The number of rotatable bonds is 4. The summed E-state index contributed by atoms with van der Waals surface area (Å²) in [5, 5.41) is 3.31. The third kappa shape index (κ3) is 4.35. The topological polar surface area (TPSA) is 62.2 Å². The van der Waals surface area contributed by atoms with E-state index in [9.17, 15) is 4.79 Å². The number of aryl methyl sites for hydroxylation is 2. The first-order chi connectivity index (χ1) is 13.0. The van der Waals surface area contributed by atoms with Crippen molar-refractivity contribution in [2.24, 2.45) is 5.41 Å². The molecule has 0 unspecified atom stereocenters.